The molecular formula is C22H16ClF5N4O4. The number of halogens is 6. The Morgan fingerprint density at radius 2 is 2.00 bits per heavy atom. The van der Waals surface area contributed by atoms with E-state index in [0.717, 1.165) is 18.3 Å². The van der Waals surface area contributed by atoms with E-state index in [4.69, 9.17) is 21.6 Å². The van der Waals surface area contributed by atoms with Gasteiger partial charge in [0.2, 0.25) is 5.75 Å². The largest absolute Gasteiger partial charge is 0.448 e. The number of rotatable bonds is 7. The van der Waals surface area contributed by atoms with Gasteiger partial charge in [0.15, 0.2) is 11.6 Å². The molecule has 0 aliphatic carbocycles. The fourth-order valence-corrected chi connectivity index (χ4v) is 3.38. The van der Waals surface area contributed by atoms with E-state index in [1.54, 1.807) is 0 Å². The van der Waals surface area contributed by atoms with Crippen molar-refractivity contribution in [1.29, 1.82) is 5.26 Å². The van der Waals surface area contributed by atoms with Gasteiger partial charge in [0.25, 0.3) is 11.1 Å². The Morgan fingerprint density at radius 3 is 2.56 bits per heavy atom. The van der Waals surface area contributed by atoms with Crippen molar-refractivity contribution in [2.75, 3.05) is 0 Å². The molecule has 2 N–H and O–H groups in total. The molecular weight excluding hydrogens is 515 g/mol. The molecule has 0 spiro atoms. The summed E-state index contributed by atoms with van der Waals surface area (Å²) < 4.78 is 75.2. The number of benzene rings is 1. The topological polar surface area (TPSA) is 121 Å². The van der Waals surface area contributed by atoms with E-state index < -0.39 is 64.6 Å². The number of ether oxygens (including phenoxy) is 1. The van der Waals surface area contributed by atoms with Crippen LogP contribution in [0.2, 0.25) is 5.02 Å². The summed E-state index contributed by atoms with van der Waals surface area (Å²) in [5.74, 6) is -8.61. The van der Waals surface area contributed by atoms with E-state index >= 15 is 0 Å². The molecule has 3 aromatic rings. The van der Waals surface area contributed by atoms with Crippen molar-refractivity contribution < 1.29 is 31.8 Å². The normalized spacial score (nSPS) is 12.5. The fraction of sp³-hybridized carbons (Fsp3) is 0.273. The number of hydrogen-bond donors (Lipinski definition) is 2. The van der Waals surface area contributed by atoms with Crippen LogP contribution in [0.3, 0.4) is 0 Å². The van der Waals surface area contributed by atoms with Gasteiger partial charge in [-0.25, -0.2) is 18.2 Å². The number of nitriles is 1. The molecule has 0 fully saturated rings. The maximum absolute atomic E-state index is 14.6. The molecule has 0 bridgehead atoms. The fourth-order valence-electron chi connectivity index (χ4n) is 3.17. The van der Waals surface area contributed by atoms with Crippen LogP contribution in [0.15, 0.2) is 34.0 Å². The van der Waals surface area contributed by atoms with Gasteiger partial charge in [0.05, 0.1) is 23.2 Å². The second kappa shape index (κ2) is 10.1. The number of pyridine rings is 1. The number of aliphatic hydroxyl groups excluding tert-OH is 1. The second-order valence-corrected chi connectivity index (χ2v) is 8.02. The summed E-state index contributed by atoms with van der Waals surface area (Å²) >= 11 is 5.78. The van der Waals surface area contributed by atoms with E-state index in [-0.39, 0.29) is 22.1 Å². The zero-order valence-corrected chi connectivity index (χ0v) is 19.2. The van der Waals surface area contributed by atoms with Crippen LogP contribution in [0.4, 0.5) is 22.0 Å². The van der Waals surface area contributed by atoms with Gasteiger partial charge in [-0.2, -0.15) is 14.0 Å². The van der Waals surface area contributed by atoms with Crippen LogP contribution in [0.5, 0.6) is 11.5 Å². The highest BCUT2D eigenvalue weighted by Crippen LogP contribution is 2.40. The van der Waals surface area contributed by atoms with Crippen LogP contribution in [0.25, 0.3) is 0 Å². The molecule has 0 amide bonds. The minimum atomic E-state index is -4.88. The summed E-state index contributed by atoms with van der Waals surface area (Å²) in [5.41, 5.74) is -4.39. The average molecular weight is 531 g/mol. The molecule has 8 nitrogen and oxygen atoms in total. The highest BCUT2D eigenvalue weighted by atomic mass is 35.5. The molecule has 0 saturated heterocycles. The lowest BCUT2D eigenvalue weighted by Crippen LogP contribution is -2.31. The molecule has 2 aromatic heterocycles. The van der Waals surface area contributed by atoms with E-state index in [9.17, 15) is 36.6 Å². The van der Waals surface area contributed by atoms with Gasteiger partial charge in [0, 0.05) is 23.0 Å². The highest BCUT2D eigenvalue weighted by Gasteiger charge is 2.46. The van der Waals surface area contributed by atoms with Crippen LogP contribution in [0.1, 0.15) is 41.2 Å². The van der Waals surface area contributed by atoms with E-state index in [1.165, 1.54) is 19.9 Å². The number of aryl methyl sites for hydroxylation is 1. The first-order valence-electron chi connectivity index (χ1n) is 10.0. The zero-order chi connectivity index (χ0) is 26.9. The highest BCUT2D eigenvalue weighted by molar-refractivity contribution is 6.30. The third-order valence-corrected chi connectivity index (χ3v) is 5.27. The lowest BCUT2D eigenvalue weighted by atomic mass is 10.1. The number of hydrogen-bond acceptors (Lipinski definition) is 6. The summed E-state index contributed by atoms with van der Waals surface area (Å²) in [7, 11) is 0. The van der Waals surface area contributed by atoms with Crippen LogP contribution in [0, 0.1) is 24.1 Å². The van der Waals surface area contributed by atoms with E-state index in [1.807, 2.05) is 0 Å². The molecule has 0 radical (unpaired) electrons. The first-order chi connectivity index (χ1) is 16.8. The number of aliphatic hydroxyl groups is 1. The lowest BCUT2D eigenvalue weighted by Gasteiger charge is -2.20. The Hall–Kier alpha value is -3.76. The Labute approximate surface area is 204 Å². The predicted octanol–water partition coefficient (Wildman–Crippen LogP) is 4.16. The van der Waals surface area contributed by atoms with Gasteiger partial charge in [-0.1, -0.05) is 11.6 Å². The van der Waals surface area contributed by atoms with Crippen molar-refractivity contribution in [3.8, 4) is 17.6 Å². The van der Waals surface area contributed by atoms with Crippen LogP contribution in [-0.2, 0) is 12.5 Å². The minimum Gasteiger partial charge on any atom is -0.448 e. The minimum absolute atomic E-state index is 0.0609. The molecule has 0 saturated carbocycles. The van der Waals surface area contributed by atoms with Gasteiger partial charge >= 0.3 is 12.3 Å². The monoisotopic (exact) mass is 530 g/mol. The maximum atomic E-state index is 14.6. The van der Waals surface area contributed by atoms with Crippen molar-refractivity contribution in [2.45, 2.75) is 38.8 Å². The van der Waals surface area contributed by atoms with Crippen molar-refractivity contribution >= 4 is 11.6 Å². The van der Waals surface area contributed by atoms with Gasteiger partial charge in [-0.05, 0) is 26.0 Å². The molecule has 1 unspecified atom stereocenters. The van der Waals surface area contributed by atoms with E-state index in [0.29, 0.717) is 10.6 Å². The Bertz CT molecular complexity index is 1480. The smallest absolute Gasteiger partial charge is 0.336 e. The summed E-state index contributed by atoms with van der Waals surface area (Å²) in [4.78, 5) is 31.9. The number of nitrogens with zero attached hydrogens (tertiary/aromatic N) is 3. The molecule has 2 heterocycles. The molecule has 1 atom stereocenters. The standard InChI is InChI=1S/C22H16ClF5N4O4/c1-9-13(19(34)31-18(30-9)10(2)33)8-32-4-3-14(22(27,28)21(25)26)17(20(32)35)36-15-6-12(23)5-11(7-29)16(15)24/h3-6,10,21,33H,8H2,1-2H3,(H,30,31,34). The number of nitrogens with one attached hydrogen (secondary N) is 1. The second-order valence-electron chi connectivity index (χ2n) is 7.59. The van der Waals surface area contributed by atoms with Crippen LogP contribution in [-0.4, -0.2) is 26.1 Å². The first-order valence-corrected chi connectivity index (χ1v) is 10.4. The van der Waals surface area contributed by atoms with Gasteiger partial charge < -0.3 is 19.4 Å². The molecule has 0 aliphatic rings. The summed E-state index contributed by atoms with van der Waals surface area (Å²) in [6.45, 7) is 2.18. The summed E-state index contributed by atoms with van der Waals surface area (Å²) in [6.07, 6.45) is -4.64. The van der Waals surface area contributed by atoms with Crippen molar-refractivity contribution in [3.63, 3.8) is 0 Å². The molecule has 0 aliphatic heterocycles. The number of aromatic amines is 1. The van der Waals surface area contributed by atoms with Crippen molar-refractivity contribution in [1.82, 2.24) is 14.5 Å². The SMILES string of the molecule is Cc1nc(C(C)O)[nH]c(=O)c1Cn1ccc(C(F)(F)C(F)F)c(Oc2cc(Cl)cc(C#N)c2F)c1=O. The average Bonchev–Trinajstić information content (AvgIpc) is 2.79. The van der Waals surface area contributed by atoms with Crippen LogP contribution >= 0.6 is 11.6 Å². The lowest BCUT2D eigenvalue weighted by molar-refractivity contribution is -0.136. The molecule has 1 aromatic carbocycles. The summed E-state index contributed by atoms with van der Waals surface area (Å²) in [6, 6.07) is 3.60. The van der Waals surface area contributed by atoms with Crippen molar-refractivity contribution in [2.24, 2.45) is 0 Å². The molecule has 14 heteroatoms. The first kappa shape index (κ1) is 26.8. The molecule has 36 heavy (non-hydrogen) atoms. The van der Waals surface area contributed by atoms with Crippen LogP contribution < -0.4 is 15.9 Å². The maximum Gasteiger partial charge on any atom is 0.336 e. The molecule has 190 valence electrons. The van der Waals surface area contributed by atoms with Crippen molar-refractivity contribution in [3.05, 3.63) is 84.2 Å². The number of H-pyrrole nitrogens is 1. The third kappa shape index (κ3) is 5.09. The van der Waals surface area contributed by atoms with Gasteiger partial charge in [-0.3, -0.25) is 9.59 Å². The van der Waals surface area contributed by atoms with Gasteiger partial charge in [0.1, 0.15) is 18.0 Å². The van der Waals surface area contributed by atoms with E-state index in [2.05, 4.69) is 9.97 Å². The Morgan fingerprint density at radius 1 is 1.33 bits per heavy atom. The summed E-state index contributed by atoms with van der Waals surface area (Å²) in [5, 5.41) is 18.4. The number of alkyl halides is 4. The predicted molar refractivity (Wildman–Crippen MR) is 116 cm³/mol. The zero-order valence-electron chi connectivity index (χ0n) is 18.5. The number of aromatic nitrogens is 3. The van der Waals surface area contributed by atoms with Gasteiger partial charge in [-0.15, -0.1) is 0 Å². The third-order valence-electron chi connectivity index (χ3n) is 5.06. The molecule has 3 rings (SSSR count). The Balaban J connectivity index is 2.21. The quantitative estimate of drug-likeness (QED) is 0.443. The Kier molecular flexibility index (Phi) is 7.51.